The highest BCUT2D eigenvalue weighted by Crippen LogP contribution is 2.63. The summed E-state index contributed by atoms with van der Waals surface area (Å²) in [7, 11) is 0. The Hall–Kier alpha value is -7.65. The van der Waals surface area contributed by atoms with E-state index in [9.17, 15) is 0 Å². The van der Waals surface area contributed by atoms with Gasteiger partial charge in [-0.25, -0.2) is 0 Å². The van der Waals surface area contributed by atoms with Crippen LogP contribution in [-0.2, 0) is 5.41 Å². The predicted octanol–water partition coefficient (Wildman–Crippen LogP) is 16.4. The molecule has 0 amide bonds. The van der Waals surface area contributed by atoms with Crippen LogP contribution in [0.2, 0.25) is 0 Å². The van der Waals surface area contributed by atoms with E-state index in [-0.39, 0.29) is 0 Å². The molecule has 1 aliphatic carbocycles. The minimum atomic E-state index is -0.501. The summed E-state index contributed by atoms with van der Waals surface area (Å²) in [5.74, 6) is 0. The van der Waals surface area contributed by atoms with Crippen molar-refractivity contribution >= 4 is 55.1 Å². The van der Waals surface area contributed by atoms with Crippen LogP contribution in [0.4, 0.5) is 0 Å². The molecule has 11 aromatic rings. The molecule has 0 bridgehead atoms. The maximum Gasteiger partial charge on any atom is 0.0736 e. The summed E-state index contributed by atoms with van der Waals surface area (Å²) in [6.07, 6.45) is 0. The molecule has 63 heavy (non-hydrogen) atoms. The van der Waals surface area contributed by atoms with Crippen LogP contribution in [0.3, 0.4) is 0 Å². The molecule has 2 heteroatoms. The second-order valence-electron chi connectivity index (χ2n) is 16.7. The van der Waals surface area contributed by atoms with Gasteiger partial charge in [0.15, 0.2) is 0 Å². The number of hydrogen-bond acceptors (Lipinski definition) is 1. The number of hydrogen-bond donors (Lipinski definition) is 0. The Bertz CT molecular complexity index is 3520. The molecule has 0 N–H and O–H groups in total. The fraction of sp³-hybridized carbons (Fsp3) is 0.0164. The van der Waals surface area contributed by atoms with Crippen LogP contribution in [-0.4, -0.2) is 4.57 Å². The first-order chi connectivity index (χ1) is 31.3. The molecule has 1 aromatic heterocycles. The molecule has 13 rings (SSSR count). The Kier molecular flexibility index (Phi) is 8.13. The van der Waals surface area contributed by atoms with E-state index in [1.54, 1.807) is 0 Å². The third kappa shape index (κ3) is 5.32. The summed E-state index contributed by atoms with van der Waals surface area (Å²) < 4.78 is 2.59. The van der Waals surface area contributed by atoms with Crippen molar-refractivity contribution in [2.45, 2.75) is 15.2 Å². The van der Waals surface area contributed by atoms with Crippen LogP contribution in [0.5, 0.6) is 0 Å². The molecule has 1 spiro atoms. The largest absolute Gasteiger partial charge is 0.309 e. The van der Waals surface area contributed by atoms with Gasteiger partial charge in [0.2, 0.25) is 0 Å². The van der Waals surface area contributed by atoms with E-state index < -0.39 is 5.41 Å². The summed E-state index contributed by atoms with van der Waals surface area (Å²) in [6.45, 7) is 0. The third-order valence-corrected chi connectivity index (χ3v) is 14.7. The Morgan fingerprint density at radius 1 is 0.302 bits per heavy atom. The molecule has 0 atom stereocenters. The van der Waals surface area contributed by atoms with Gasteiger partial charge >= 0.3 is 0 Å². The monoisotopic (exact) mass is 817 g/mol. The molecular formula is C61H39NS. The fourth-order valence-electron chi connectivity index (χ4n) is 10.9. The maximum atomic E-state index is 2.59. The minimum absolute atomic E-state index is 0.501. The minimum Gasteiger partial charge on any atom is -0.309 e. The van der Waals surface area contributed by atoms with Gasteiger partial charge in [-0.2, -0.15) is 0 Å². The molecule has 0 saturated heterocycles. The lowest BCUT2D eigenvalue weighted by atomic mass is 9.67. The quantitative estimate of drug-likeness (QED) is 0.172. The zero-order chi connectivity index (χ0) is 41.5. The first-order valence-electron chi connectivity index (χ1n) is 21.8. The Balaban J connectivity index is 1.27. The van der Waals surface area contributed by atoms with Gasteiger partial charge in [0, 0.05) is 26.1 Å². The van der Waals surface area contributed by atoms with Crippen LogP contribution < -0.4 is 0 Å². The van der Waals surface area contributed by atoms with Crippen molar-refractivity contribution in [3.05, 3.63) is 259 Å². The summed E-state index contributed by atoms with van der Waals surface area (Å²) in [5, 5.41) is 7.21. The molecule has 1 nitrogen and oxygen atoms in total. The van der Waals surface area contributed by atoms with E-state index in [1.807, 2.05) is 11.8 Å². The number of fused-ring (bicyclic) bond motifs is 16. The van der Waals surface area contributed by atoms with Crippen LogP contribution >= 0.6 is 11.8 Å². The van der Waals surface area contributed by atoms with Crippen molar-refractivity contribution in [3.8, 4) is 39.1 Å². The number of aromatic nitrogens is 1. The van der Waals surface area contributed by atoms with Crippen molar-refractivity contribution in [2.24, 2.45) is 0 Å². The lowest BCUT2D eigenvalue weighted by Crippen LogP contribution is -2.31. The highest BCUT2D eigenvalue weighted by molar-refractivity contribution is 7.99. The van der Waals surface area contributed by atoms with Crippen molar-refractivity contribution < 1.29 is 0 Å². The number of rotatable bonds is 3. The maximum absolute atomic E-state index is 2.59. The average Bonchev–Trinajstić information content (AvgIpc) is 3.67. The lowest BCUT2D eigenvalue weighted by Gasteiger charge is -2.39. The van der Waals surface area contributed by atoms with E-state index in [1.165, 1.54) is 97.7 Å². The molecule has 294 valence electrons. The number of benzene rings is 10. The van der Waals surface area contributed by atoms with E-state index in [0.717, 1.165) is 16.7 Å². The first kappa shape index (κ1) is 36.0. The molecule has 10 aromatic carbocycles. The molecule has 0 saturated carbocycles. The van der Waals surface area contributed by atoms with Crippen molar-refractivity contribution in [1.29, 1.82) is 0 Å². The topological polar surface area (TPSA) is 4.93 Å². The van der Waals surface area contributed by atoms with Gasteiger partial charge in [-0.15, -0.1) is 0 Å². The van der Waals surface area contributed by atoms with Gasteiger partial charge in [-0.1, -0.05) is 206 Å². The summed E-state index contributed by atoms with van der Waals surface area (Å²) >= 11 is 1.89. The third-order valence-electron chi connectivity index (χ3n) is 13.5. The SMILES string of the molecule is c1ccc(-c2ccc3c(c2)c2ccccc2c2ccccc2c2cc(-c4ccccc4)ccc2n3-c2cccc3c2-c2ccccc2C32c3ccccc3Sc3ccccc32)cc1. The van der Waals surface area contributed by atoms with E-state index >= 15 is 0 Å². The highest BCUT2D eigenvalue weighted by atomic mass is 32.2. The Morgan fingerprint density at radius 2 is 0.730 bits per heavy atom. The van der Waals surface area contributed by atoms with Gasteiger partial charge in [-0.3, -0.25) is 0 Å². The van der Waals surface area contributed by atoms with Crippen molar-refractivity contribution in [1.82, 2.24) is 4.57 Å². The Labute approximate surface area is 370 Å². The fourth-order valence-corrected chi connectivity index (χ4v) is 12.1. The van der Waals surface area contributed by atoms with Gasteiger partial charge in [0.1, 0.15) is 0 Å². The summed E-state index contributed by atoms with van der Waals surface area (Å²) in [6, 6.07) is 88.2. The van der Waals surface area contributed by atoms with Crippen LogP contribution in [0.25, 0.3) is 82.4 Å². The second kappa shape index (κ2) is 14.2. The van der Waals surface area contributed by atoms with Crippen molar-refractivity contribution in [2.75, 3.05) is 0 Å². The smallest absolute Gasteiger partial charge is 0.0736 e. The van der Waals surface area contributed by atoms with E-state index in [4.69, 9.17) is 0 Å². The molecule has 0 fully saturated rings. The van der Waals surface area contributed by atoms with Gasteiger partial charge in [0.05, 0.1) is 22.1 Å². The Morgan fingerprint density at radius 3 is 1.27 bits per heavy atom. The van der Waals surface area contributed by atoms with E-state index in [2.05, 4.69) is 241 Å². The van der Waals surface area contributed by atoms with Crippen LogP contribution in [0, 0.1) is 0 Å². The first-order valence-corrected chi connectivity index (χ1v) is 22.6. The molecular weight excluding hydrogens is 779 g/mol. The molecule has 1 aliphatic heterocycles. The average molecular weight is 818 g/mol. The predicted molar refractivity (Wildman–Crippen MR) is 266 cm³/mol. The van der Waals surface area contributed by atoms with Crippen molar-refractivity contribution in [3.63, 3.8) is 0 Å². The van der Waals surface area contributed by atoms with Crippen LogP contribution in [0.15, 0.2) is 246 Å². The van der Waals surface area contributed by atoms with Gasteiger partial charge in [-0.05, 0) is 114 Å². The summed E-state index contributed by atoms with van der Waals surface area (Å²) in [4.78, 5) is 2.61. The number of nitrogens with zero attached hydrogens (tertiary/aromatic N) is 1. The second-order valence-corrected chi connectivity index (χ2v) is 17.8. The zero-order valence-corrected chi connectivity index (χ0v) is 35.2. The van der Waals surface area contributed by atoms with Crippen LogP contribution in [0.1, 0.15) is 22.3 Å². The van der Waals surface area contributed by atoms with Gasteiger partial charge in [0.25, 0.3) is 0 Å². The standard InChI is InChI=1S/C61H39NS/c1-3-18-40(19-4-1)42-34-36-55-49(38-42)46-24-9-7-22-44(46)45-23-8-10-25-47(45)50-39-43(41-20-5-2-6-21-41)35-37-56(50)62(55)57-31-17-30-54-60(57)48-26-11-12-27-51(48)61(54)52-28-13-15-32-58(52)63-59-33-16-14-29-53(59)61/h1-39H. The van der Waals surface area contributed by atoms with Gasteiger partial charge < -0.3 is 4.57 Å². The lowest BCUT2D eigenvalue weighted by molar-refractivity contribution is 0.722. The zero-order valence-electron chi connectivity index (χ0n) is 34.4. The molecule has 2 heterocycles. The normalized spacial score (nSPS) is 13.1. The van der Waals surface area contributed by atoms with E-state index in [0.29, 0.717) is 0 Å². The highest BCUT2D eigenvalue weighted by Gasteiger charge is 2.50. The molecule has 2 aliphatic rings. The molecule has 0 unspecified atom stereocenters. The summed E-state index contributed by atoms with van der Waals surface area (Å²) in [5.41, 5.74) is 15.5. The molecule has 0 radical (unpaired) electrons.